The molecular weight excluding hydrogens is 372 g/mol. The van der Waals surface area contributed by atoms with Gasteiger partial charge < -0.3 is 19.7 Å². The Hall–Kier alpha value is -2.21. The summed E-state index contributed by atoms with van der Waals surface area (Å²) in [5, 5.41) is 2.90. The van der Waals surface area contributed by atoms with Gasteiger partial charge in [0.15, 0.2) is 11.5 Å². The molecule has 0 spiro atoms. The van der Waals surface area contributed by atoms with Crippen molar-refractivity contribution in [2.24, 2.45) is 0 Å². The first-order valence-corrected chi connectivity index (χ1v) is 8.27. The number of nitrogens with zero attached hydrogens (tertiary/aromatic N) is 1. The molecule has 0 aliphatic carbocycles. The molecule has 0 saturated carbocycles. The third-order valence-corrected chi connectivity index (χ3v) is 4.38. The minimum Gasteiger partial charge on any atom is -0.493 e. The Labute approximate surface area is 150 Å². The summed E-state index contributed by atoms with van der Waals surface area (Å²) in [6.45, 7) is 0.943. The molecule has 0 saturated heterocycles. The molecule has 2 amide bonds. The maximum atomic E-state index is 12.3. The number of amides is 2. The fourth-order valence-electron chi connectivity index (χ4n) is 2.26. The number of hydrogen-bond donors (Lipinski definition) is 1. The van der Waals surface area contributed by atoms with Crippen molar-refractivity contribution in [3.8, 4) is 11.5 Å². The van der Waals surface area contributed by atoms with Crippen LogP contribution in [0.3, 0.4) is 0 Å². The van der Waals surface area contributed by atoms with Crippen LogP contribution in [0.1, 0.15) is 11.1 Å². The van der Waals surface area contributed by atoms with Crippen LogP contribution >= 0.6 is 15.9 Å². The number of methoxy groups -OCH3 is 2. The standard InChI is InChI=1S/C18H21BrN2O3/c1-21(12-14-6-4-5-7-15(14)19)18(22)20-11-13-8-9-16(23-2)17(10-13)24-3/h4-10H,11-12H2,1-3H3,(H,20,22). The first-order valence-electron chi connectivity index (χ1n) is 7.48. The minimum absolute atomic E-state index is 0.138. The van der Waals surface area contributed by atoms with Crippen molar-refractivity contribution in [2.45, 2.75) is 13.1 Å². The summed E-state index contributed by atoms with van der Waals surface area (Å²) in [7, 11) is 4.95. The minimum atomic E-state index is -0.138. The highest BCUT2D eigenvalue weighted by molar-refractivity contribution is 9.10. The van der Waals surface area contributed by atoms with Gasteiger partial charge in [0, 0.05) is 24.6 Å². The summed E-state index contributed by atoms with van der Waals surface area (Å²) in [6.07, 6.45) is 0. The number of rotatable bonds is 6. The third-order valence-electron chi connectivity index (χ3n) is 3.60. The van der Waals surface area contributed by atoms with Crippen LogP contribution in [-0.4, -0.2) is 32.2 Å². The first-order chi connectivity index (χ1) is 11.5. The van der Waals surface area contributed by atoms with Crippen molar-refractivity contribution >= 4 is 22.0 Å². The molecule has 0 atom stereocenters. The molecule has 6 heteroatoms. The molecule has 0 unspecified atom stereocenters. The van der Waals surface area contributed by atoms with Crippen molar-refractivity contribution < 1.29 is 14.3 Å². The number of halogens is 1. The van der Waals surface area contributed by atoms with Crippen LogP contribution in [0, 0.1) is 0 Å². The SMILES string of the molecule is COc1ccc(CNC(=O)N(C)Cc2ccccc2Br)cc1OC. The summed E-state index contributed by atoms with van der Waals surface area (Å²) in [5.41, 5.74) is 2.00. The summed E-state index contributed by atoms with van der Waals surface area (Å²) in [4.78, 5) is 13.9. The topological polar surface area (TPSA) is 50.8 Å². The molecule has 0 fully saturated rings. The van der Waals surface area contributed by atoms with E-state index in [9.17, 15) is 4.79 Å². The lowest BCUT2D eigenvalue weighted by atomic mass is 10.2. The molecular formula is C18H21BrN2O3. The second-order valence-electron chi connectivity index (χ2n) is 5.30. The van der Waals surface area contributed by atoms with Crippen molar-refractivity contribution in [3.63, 3.8) is 0 Å². The quantitative estimate of drug-likeness (QED) is 0.812. The molecule has 0 bridgehead atoms. The third kappa shape index (κ3) is 4.64. The smallest absolute Gasteiger partial charge is 0.317 e. The Morgan fingerprint density at radius 3 is 2.50 bits per heavy atom. The first kappa shape index (κ1) is 18.1. The average molecular weight is 393 g/mol. The molecule has 128 valence electrons. The Bertz CT molecular complexity index is 706. The number of urea groups is 1. The monoisotopic (exact) mass is 392 g/mol. The van der Waals surface area contributed by atoms with Gasteiger partial charge in [0.05, 0.1) is 14.2 Å². The van der Waals surface area contributed by atoms with Crippen LogP contribution in [0.5, 0.6) is 11.5 Å². The zero-order valence-electron chi connectivity index (χ0n) is 14.0. The highest BCUT2D eigenvalue weighted by atomic mass is 79.9. The Morgan fingerprint density at radius 1 is 1.12 bits per heavy atom. The number of nitrogens with one attached hydrogen (secondary N) is 1. The van der Waals surface area contributed by atoms with E-state index >= 15 is 0 Å². The maximum Gasteiger partial charge on any atom is 0.317 e. The fraction of sp³-hybridized carbons (Fsp3) is 0.278. The number of ether oxygens (including phenoxy) is 2. The molecule has 0 aliphatic rings. The van der Waals surface area contributed by atoms with Gasteiger partial charge in [-0.05, 0) is 29.3 Å². The Kier molecular flexibility index (Phi) is 6.49. The van der Waals surface area contributed by atoms with E-state index in [0.717, 1.165) is 15.6 Å². The van der Waals surface area contributed by atoms with Crippen LogP contribution in [-0.2, 0) is 13.1 Å². The van der Waals surface area contributed by atoms with E-state index in [1.807, 2.05) is 42.5 Å². The summed E-state index contributed by atoms with van der Waals surface area (Å²) >= 11 is 3.49. The molecule has 5 nitrogen and oxygen atoms in total. The van der Waals surface area contributed by atoms with Gasteiger partial charge in [-0.1, -0.05) is 40.2 Å². The van der Waals surface area contributed by atoms with E-state index < -0.39 is 0 Å². The molecule has 2 rings (SSSR count). The molecule has 1 N–H and O–H groups in total. The highest BCUT2D eigenvalue weighted by Crippen LogP contribution is 2.27. The van der Waals surface area contributed by atoms with E-state index in [4.69, 9.17) is 9.47 Å². The van der Waals surface area contributed by atoms with E-state index in [2.05, 4.69) is 21.2 Å². The van der Waals surface area contributed by atoms with Crippen molar-refractivity contribution in [3.05, 3.63) is 58.1 Å². The van der Waals surface area contributed by atoms with Crippen molar-refractivity contribution in [1.29, 1.82) is 0 Å². The summed E-state index contributed by atoms with van der Waals surface area (Å²) in [6, 6.07) is 13.3. The van der Waals surface area contributed by atoms with Crippen molar-refractivity contribution in [1.82, 2.24) is 10.2 Å². The van der Waals surface area contributed by atoms with Crippen LogP contribution in [0.25, 0.3) is 0 Å². The van der Waals surface area contributed by atoms with Gasteiger partial charge in [0.25, 0.3) is 0 Å². The summed E-state index contributed by atoms with van der Waals surface area (Å²) in [5.74, 6) is 1.31. The molecule has 0 radical (unpaired) electrons. The maximum absolute atomic E-state index is 12.3. The van der Waals surface area contributed by atoms with Gasteiger partial charge in [0.2, 0.25) is 0 Å². The lowest BCUT2D eigenvalue weighted by molar-refractivity contribution is 0.206. The second-order valence-corrected chi connectivity index (χ2v) is 6.15. The molecule has 24 heavy (non-hydrogen) atoms. The number of carbonyl (C=O) groups is 1. The zero-order valence-corrected chi connectivity index (χ0v) is 15.6. The summed E-state index contributed by atoms with van der Waals surface area (Å²) < 4.78 is 11.5. The predicted molar refractivity (Wildman–Crippen MR) is 97.4 cm³/mol. The zero-order chi connectivity index (χ0) is 17.5. The lowest BCUT2D eigenvalue weighted by Gasteiger charge is -2.19. The highest BCUT2D eigenvalue weighted by Gasteiger charge is 2.11. The second kappa shape index (κ2) is 8.59. The van der Waals surface area contributed by atoms with E-state index in [-0.39, 0.29) is 6.03 Å². The molecule has 0 aromatic heterocycles. The number of carbonyl (C=O) groups excluding carboxylic acids is 1. The van der Waals surface area contributed by atoms with Gasteiger partial charge in [-0.25, -0.2) is 4.79 Å². The normalized spacial score (nSPS) is 10.2. The van der Waals surface area contributed by atoms with Crippen molar-refractivity contribution in [2.75, 3.05) is 21.3 Å². The van der Waals surface area contributed by atoms with E-state index in [0.29, 0.717) is 24.6 Å². The predicted octanol–water partition coefficient (Wildman–Crippen LogP) is 3.81. The van der Waals surface area contributed by atoms with Gasteiger partial charge in [-0.3, -0.25) is 0 Å². The van der Waals surface area contributed by atoms with Crippen LogP contribution in [0.4, 0.5) is 4.79 Å². The van der Waals surface area contributed by atoms with Crippen LogP contribution in [0.15, 0.2) is 46.9 Å². The average Bonchev–Trinajstić information content (AvgIpc) is 2.61. The Morgan fingerprint density at radius 2 is 1.83 bits per heavy atom. The van der Waals surface area contributed by atoms with E-state index in [1.165, 1.54) is 0 Å². The Balaban J connectivity index is 1.94. The molecule has 0 aliphatic heterocycles. The van der Waals surface area contributed by atoms with Gasteiger partial charge in [0.1, 0.15) is 0 Å². The van der Waals surface area contributed by atoms with E-state index in [1.54, 1.807) is 26.2 Å². The van der Waals surface area contributed by atoms with Crippen LogP contribution in [0.2, 0.25) is 0 Å². The molecule has 2 aromatic rings. The molecule has 0 heterocycles. The molecule has 2 aromatic carbocycles. The largest absolute Gasteiger partial charge is 0.493 e. The van der Waals surface area contributed by atoms with Gasteiger partial charge in [-0.2, -0.15) is 0 Å². The number of hydrogen-bond acceptors (Lipinski definition) is 3. The van der Waals surface area contributed by atoms with Gasteiger partial charge >= 0.3 is 6.03 Å². The van der Waals surface area contributed by atoms with Gasteiger partial charge in [-0.15, -0.1) is 0 Å². The fourth-order valence-corrected chi connectivity index (χ4v) is 2.67. The van der Waals surface area contributed by atoms with Crippen LogP contribution < -0.4 is 14.8 Å². The number of benzene rings is 2. The lowest BCUT2D eigenvalue weighted by Crippen LogP contribution is -2.36.